The van der Waals surface area contributed by atoms with Crippen molar-refractivity contribution in [3.8, 4) is 0 Å². The number of carbonyl (C=O) groups is 1. The summed E-state index contributed by atoms with van der Waals surface area (Å²) in [5.41, 5.74) is 7.06. The van der Waals surface area contributed by atoms with Crippen molar-refractivity contribution in [2.45, 2.75) is 24.8 Å². The Labute approximate surface area is 149 Å². The van der Waals surface area contributed by atoms with Gasteiger partial charge in [0, 0.05) is 30.7 Å². The minimum Gasteiger partial charge on any atom is -0.309 e. The van der Waals surface area contributed by atoms with Gasteiger partial charge in [0.25, 0.3) is 11.6 Å². The Morgan fingerprint density at radius 1 is 1.19 bits per heavy atom. The van der Waals surface area contributed by atoms with Crippen LogP contribution in [0, 0.1) is 10.1 Å². The second-order valence-corrected chi connectivity index (χ2v) is 6.93. The number of benzene rings is 2. The molecule has 26 heavy (non-hydrogen) atoms. The summed E-state index contributed by atoms with van der Waals surface area (Å²) in [5.74, 6) is 0.0420. The first-order valence-electron chi connectivity index (χ1n) is 8.63. The monoisotopic (exact) mass is 348 g/mol. The lowest BCUT2D eigenvalue weighted by molar-refractivity contribution is -0.384. The molecule has 0 aliphatic carbocycles. The summed E-state index contributed by atoms with van der Waals surface area (Å²) in [7, 11) is 0. The Bertz CT molecular complexity index is 983. The Hall–Kier alpha value is -3.22. The maximum atomic E-state index is 13.2. The number of hydrazone groups is 1. The van der Waals surface area contributed by atoms with Gasteiger partial charge in [-0.15, -0.1) is 0 Å². The van der Waals surface area contributed by atoms with Crippen LogP contribution in [0.5, 0.6) is 0 Å². The Morgan fingerprint density at radius 3 is 2.77 bits per heavy atom. The Balaban J connectivity index is 1.52. The zero-order chi connectivity index (χ0) is 17.9. The van der Waals surface area contributed by atoms with Crippen LogP contribution in [0.4, 0.5) is 11.4 Å². The van der Waals surface area contributed by atoms with Gasteiger partial charge in [-0.25, -0.2) is 0 Å². The van der Waals surface area contributed by atoms with Crippen molar-refractivity contribution in [3.63, 3.8) is 0 Å². The number of amides is 1. The average Bonchev–Trinajstić information content (AvgIpc) is 3.21. The number of fused-ring (bicyclic) bond motifs is 1. The van der Waals surface area contributed by atoms with Gasteiger partial charge in [-0.2, -0.15) is 5.10 Å². The van der Waals surface area contributed by atoms with E-state index in [0.717, 1.165) is 41.9 Å². The molecule has 0 aromatic heterocycles. The zero-order valence-corrected chi connectivity index (χ0v) is 13.9. The molecule has 0 fully saturated rings. The molecule has 3 heterocycles. The van der Waals surface area contributed by atoms with Gasteiger partial charge >= 0.3 is 0 Å². The summed E-state index contributed by atoms with van der Waals surface area (Å²) < 4.78 is 0. The van der Waals surface area contributed by atoms with Gasteiger partial charge in [0.2, 0.25) is 0 Å². The smallest absolute Gasteiger partial charge is 0.269 e. The van der Waals surface area contributed by atoms with Crippen molar-refractivity contribution < 1.29 is 9.72 Å². The van der Waals surface area contributed by atoms with Crippen molar-refractivity contribution in [1.29, 1.82) is 0 Å². The van der Waals surface area contributed by atoms with Crippen LogP contribution in [0.2, 0.25) is 0 Å². The number of carbonyl (C=O) groups excluding carboxylic acids is 1. The molecular formula is C19H16N4O3. The van der Waals surface area contributed by atoms with Gasteiger partial charge in [0.1, 0.15) is 0 Å². The van der Waals surface area contributed by atoms with Gasteiger partial charge in [0.15, 0.2) is 5.54 Å². The van der Waals surface area contributed by atoms with Crippen LogP contribution in [0.3, 0.4) is 0 Å². The fraction of sp³-hybridized carbons (Fsp3) is 0.263. The van der Waals surface area contributed by atoms with E-state index in [1.54, 1.807) is 12.1 Å². The number of nitro benzene ring substituents is 1. The third-order valence-corrected chi connectivity index (χ3v) is 5.51. The van der Waals surface area contributed by atoms with Gasteiger partial charge in [-0.1, -0.05) is 18.2 Å². The van der Waals surface area contributed by atoms with Gasteiger partial charge in [-0.05, 0) is 36.1 Å². The highest BCUT2D eigenvalue weighted by Crippen LogP contribution is 2.48. The summed E-state index contributed by atoms with van der Waals surface area (Å²) >= 11 is 0. The number of aryl methyl sites for hydroxylation is 1. The summed E-state index contributed by atoms with van der Waals surface area (Å²) in [6, 6.07) is 12.4. The van der Waals surface area contributed by atoms with E-state index in [4.69, 9.17) is 0 Å². The van der Waals surface area contributed by atoms with E-state index in [0.29, 0.717) is 6.42 Å². The lowest BCUT2D eigenvalue weighted by Crippen LogP contribution is -2.47. The molecule has 0 saturated carbocycles. The summed E-state index contributed by atoms with van der Waals surface area (Å²) in [6.07, 6.45) is 2.39. The Kier molecular flexibility index (Phi) is 2.98. The molecule has 2 aromatic carbocycles. The molecule has 2 aromatic rings. The molecule has 5 rings (SSSR count). The molecule has 130 valence electrons. The third kappa shape index (κ3) is 1.88. The van der Waals surface area contributed by atoms with Gasteiger partial charge in [0.05, 0.1) is 16.3 Å². The highest BCUT2D eigenvalue weighted by molar-refractivity contribution is 6.14. The highest BCUT2D eigenvalue weighted by Gasteiger charge is 2.55. The molecule has 7 heteroatoms. The lowest BCUT2D eigenvalue weighted by atomic mass is 9.85. The number of hydrogen-bond acceptors (Lipinski definition) is 5. The number of nitrogens with one attached hydrogen (secondary N) is 1. The standard InChI is InChI=1S/C19H16N4O3/c24-18-19(15-5-1-3-13-4-2-10-22(18)17(13)15)11-16(20-21-19)12-6-8-14(9-7-12)23(25)26/h1,3,5-9,21H,2,4,10-11H2. The number of rotatable bonds is 2. The number of anilines is 1. The zero-order valence-electron chi connectivity index (χ0n) is 13.9. The predicted molar refractivity (Wildman–Crippen MR) is 96.2 cm³/mol. The second-order valence-electron chi connectivity index (χ2n) is 6.93. The molecular weight excluding hydrogens is 332 g/mol. The first-order chi connectivity index (χ1) is 12.6. The SMILES string of the molecule is O=C1N2CCCc3cccc(c32)C12CC(c1ccc([N+](=O)[O-])cc1)=NN2. The number of hydrogen-bond donors (Lipinski definition) is 1. The number of para-hydroxylation sites is 1. The molecule has 3 aliphatic heterocycles. The van der Waals surface area contributed by atoms with Crippen molar-refractivity contribution in [1.82, 2.24) is 5.43 Å². The molecule has 1 unspecified atom stereocenters. The van der Waals surface area contributed by atoms with Crippen LogP contribution < -0.4 is 10.3 Å². The summed E-state index contributed by atoms with van der Waals surface area (Å²) in [5, 5.41) is 15.3. The van der Waals surface area contributed by atoms with Crippen molar-refractivity contribution in [2.24, 2.45) is 5.10 Å². The van der Waals surface area contributed by atoms with E-state index in [1.165, 1.54) is 17.7 Å². The topological polar surface area (TPSA) is 87.8 Å². The maximum absolute atomic E-state index is 13.2. The van der Waals surface area contributed by atoms with Crippen LogP contribution in [0.25, 0.3) is 0 Å². The molecule has 0 saturated heterocycles. The summed E-state index contributed by atoms with van der Waals surface area (Å²) in [4.78, 5) is 25.5. The van der Waals surface area contributed by atoms with Crippen molar-refractivity contribution in [3.05, 3.63) is 69.3 Å². The summed E-state index contributed by atoms with van der Waals surface area (Å²) in [6.45, 7) is 0.735. The minimum absolute atomic E-state index is 0.0408. The fourth-order valence-corrected chi connectivity index (χ4v) is 4.26. The molecule has 1 amide bonds. The van der Waals surface area contributed by atoms with E-state index >= 15 is 0 Å². The van der Waals surface area contributed by atoms with Crippen molar-refractivity contribution in [2.75, 3.05) is 11.4 Å². The van der Waals surface area contributed by atoms with Gasteiger partial charge < -0.3 is 4.90 Å². The number of non-ortho nitro benzene ring substituents is 1. The minimum atomic E-state index is -0.854. The van der Waals surface area contributed by atoms with E-state index in [2.05, 4.69) is 16.6 Å². The van der Waals surface area contributed by atoms with Crippen LogP contribution in [0.15, 0.2) is 47.6 Å². The number of nitrogens with zero attached hydrogens (tertiary/aromatic N) is 3. The number of nitro groups is 1. The molecule has 1 N–H and O–H groups in total. The molecule has 7 nitrogen and oxygen atoms in total. The molecule has 3 aliphatic rings. The highest BCUT2D eigenvalue weighted by atomic mass is 16.6. The third-order valence-electron chi connectivity index (χ3n) is 5.51. The van der Waals surface area contributed by atoms with E-state index < -0.39 is 10.5 Å². The first-order valence-corrected chi connectivity index (χ1v) is 8.63. The van der Waals surface area contributed by atoms with E-state index in [-0.39, 0.29) is 11.6 Å². The van der Waals surface area contributed by atoms with Gasteiger partial charge in [-0.3, -0.25) is 20.3 Å². The predicted octanol–water partition coefficient (Wildman–Crippen LogP) is 2.48. The normalized spacial score (nSPS) is 23.0. The fourth-order valence-electron chi connectivity index (χ4n) is 4.26. The second kappa shape index (κ2) is 5.14. The molecule has 0 bridgehead atoms. The first kappa shape index (κ1) is 15.1. The molecule has 0 radical (unpaired) electrons. The lowest BCUT2D eigenvalue weighted by Gasteiger charge is -2.26. The Morgan fingerprint density at radius 2 is 2.00 bits per heavy atom. The van der Waals surface area contributed by atoms with E-state index in [1.807, 2.05) is 17.0 Å². The molecule has 1 spiro atoms. The molecule has 1 atom stereocenters. The maximum Gasteiger partial charge on any atom is 0.269 e. The van der Waals surface area contributed by atoms with Crippen LogP contribution in [-0.4, -0.2) is 23.1 Å². The largest absolute Gasteiger partial charge is 0.309 e. The van der Waals surface area contributed by atoms with Crippen LogP contribution in [0.1, 0.15) is 29.5 Å². The van der Waals surface area contributed by atoms with Crippen molar-refractivity contribution >= 4 is 23.0 Å². The average molecular weight is 348 g/mol. The quantitative estimate of drug-likeness (QED) is 0.667. The van der Waals surface area contributed by atoms with Crippen LogP contribution >= 0.6 is 0 Å². The van der Waals surface area contributed by atoms with Crippen LogP contribution in [-0.2, 0) is 16.8 Å². The van der Waals surface area contributed by atoms with E-state index in [9.17, 15) is 14.9 Å².